The van der Waals surface area contributed by atoms with Gasteiger partial charge in [-0.3, -0.25) is 0 Å². The van der Waals surface area contributed by atoms with E-state index >= 15 is 0 Å². The number of anilines is 6. The standard InChI is InChI=1S/C76H60N2/c1-49-43-55(35-41-71(49)77(59-37-31-51-19-7-9-21-53(51)45-59)73-29-17-13-23-61(73)57-33-39-65-63-25-11-15-27-67(63)75(3,4)69(65)47-57)56-36-42-72(50(2)44-56)78(60-38-32-52-20-8-10-22-54(52)46-60)74-30-18-14-24-62(74)58-34-40-66-64-26-12-16-28-68(64)76(5,6)70(66)48-58/h7-48H,1-6H3. The molecule has 0 saturated carbocycles. The number of aryl methyl sites for hydroxylation is 2. The molecule has 2 aliphatic carbocycles. The highest BCUT2D eigenvalue weighted by Crippen LogP contribution is 2.53. The molecule has 12 aromatic rings. The molecule has 14 rings (SSSR count). The Kier molecular flexibility index (Phi) is 11.0. The summed E-state index contributed by atoms with van der Waals surface area (Å²) in [6.07, 6.45) is 0. The van der Waals surface area contributed by atoms with E-state index in [1.54, 1.807) is 0 Å². The lowest BCUT2D eigenvalue weighted by atomic mass is 9.81. The van der Waals surface area contributed by atoms with Crippen molar-refractivity contribution in [3.8, 4) is 55.6 Å². The third-order valence-electron chi connectivity index (χ3n) is 17.3. The fraction of sp³-hybridized carbons (Fsp3) is 0.105. The largest absolute Gasteiger partial charge is 0.310 e. The second-order valence-electron chi connectivity index (χ2n) is 22.6. The molecule has 0 amide bonds. The van der Waals surface area contributed by atoms with Crippen LogP contribution in [0.15, 0.2) is 255 Å². The van der Waals surface area contributed by atoms with Gasteiger partial charge < -0.3 is 9.80 Å². The first-order valence-corrected chi connectivity index (χ1v) is 27.5. The van der Waals surface area contributed by atoms with Crippen LogP contribution in [-0.2, 0) is 10.8 Å². The molecule has 0 aromatic heterocycles. The van der Waals surface area contributed by atoms with E-state index in [1.807, 2.05) is 0 Å². The second-order valence-corrected chi connectivity index (χ2v) is 22.6. The quantitative estimate of drug-likeness (QED) is 0.142. The van der Waals surface area contributed by atoms with Crippen LogP contribution in [-0.4, -0.2) is 0 Å². The Hall–Kier alpha value is -9.24. The molecule has 0 heterocycles. The van der Waals surface area contributed by atoms with Crippen molar-refractivity contribution in [3.63, 3.8) is 0 Å². The van der Waals surface area contributed by atoms with Crippen molar-refractivity contribution in [2.45, 2.75) is 52.4 Å². The zero-order chi connectivity index (χ0) is 52.9. The number of benzene rings is 12. The van der Waals surface area contributed by atoms with Gasteiger partial charge in [-0.2, -0.15) is 0 Å². The third kappa shape index (κ3) is 7.61. The van der Waals surface area contributed by atoms with Gasteiger partial charge in [-0.1, -0.05) is 210 Å². The van der Waals surface area contributed by atoms with E-state index in [-0.39, 0.29) is 10.8 Å². The molecule has 78 heavy (non-hydrogen) atoms. The summed E-state index contributed by atoms with van der Waals surface area (Å²) < 4.78 is 0. The fourth-order valence-corrected chi connectivity index (χ4v) is 13.2. The van der Waals surface area contributed by atoms with Crippen LogP contribution in [0, 0.1) is 13.8 Å². The summed E-state index contributed by atoms with van der Waals surface area (Å²) in [4.78, 5) is 4.95. The first-order chi connectivity index (χ1) is 38.0. The molecule has 2 aliphatic rings. The second kappa shape index (κ2) is 18.2. The molecule has 0 aliphatic heterocycles. The molecule has 0 spiro atoms. The van der Waals surface area contributed by atoms with Gasteiger partial charge in [0.15, 0.2) is 0 Å². The van der Waals surface area contributed by atoms with Crippen molar-refractivity contribution >= 4 is 55.7 Å². The average molecular weight is 1000 g/mol. The van der Waals surface area contributed by atoms with Crippen LogP contribution in [0.2, 0.25) is 0 Å². The van der Waals surface area contributed by atoms with Gasteiger partial charge in [0.2, 0.25) is 0 Å². The van der Waals surface area contributed by atoms with E-state index < -0.39 is 0 Å². The summed E-state index contributed by atoms with van der Waals surface area (Å²) in [6.45, 7) is 14.0. The minimum absolute atomic E-state index is 0.106. The van der Waals surface area contributed by atoms with E-state index in [4.69, 9.17) is 0 Å². The minimum Gasteiger partial charge on any atom is -0.310 e. The number of fused-ring (bicyclic) bond motifs is 8. The van der Waals surface area contributed by atoms with E-state index in [0.717, 1.165) is 34.1 Å². The van der Waals surface area contributed by atoms with E-state index in [2.05, 4.69) is 306 Å². The van der Waals surface area contributed by atoms with Gasteiger partial charge in [0.1, 0.15) is 0 Å². The maximum absolute atomic E-state index is 2.47. The molecule has 0 fully saturated rings. The summed E-state index contributed by atoms with van der Waals surface area (Å²) in [7, 11) is 0. The predicted molar refractivity (Wildman–Crippen MR) is 332 cm³/mol. The Morgan fingerprint density at radius 1 is 0.244 bits per heavy atom. The predicted octanol–water partition coefficient (Wildman–Crippen LogP) is 21.2. The minimum atomic E-state index is -0.106. The van der Waals surface area contributed by atoms with Gasteiger partial charge in [0.25, 0.3) is 0 Å². The van der Waals surface area contributed by atoms with Crippen molar-refractivity contribution in [2.24, 2.45) is 0 Å². The first kappa shape index (κ1) is 47.2. The summed E-state index contributed by atoms with van der Waals surface area (Å²) >= 11 is 0. The Bertz CT molecular complexity index is 4100. The van der Waals surface area contributed by atoms with Crippen LogP contribution in [0.1, 0.15) is 61.1 Å². The molecule has 0 bridgehead atoms. The summed E-state index contributed by atoms with van der Waals surface area (Å²) in [5, 5.41) is 4.87. The lowest BCUT2D eigenvalue weighted by molar-refractivity contribution is 0.660. The van der Waals surface area contributed by atoms with E-state index in [1.165, 1.54) is 111 Å². The molecule has 2 heteroatoms. The highest BCUT2D eigenvalue weighted by atomic mass is 15.2. The van der Waals surface area contributed by atoms with Crippen LogP contribution in [0.3, 0.4) is 0 Å². The van der Waals surface area contributed by atoms with Crippen molar-refractivity contribution in [3.05, 3.63) is 288 Å². The van der Waals surface area contributed by atoms with Gasteiger partial charge in [-0.05, 0) is 186 Å². The first-order valence-electron chi connectivity index (χ1n) is 27.5. The summed E-state index contributed by atoms with van der Waals surface area (Å²) in [5.41, 5.74) is 27.0. The van der Waals surface area contributed by atoms with Crippen molar-refractivity contribution < 1.29 is 0 Å². The molecule has 0 saturated heterocycles. The van der Waals surface area contributed by atoms with Crippen LogP contribution in [0.5, 0.6) is 0 Å². The topological polar surface area (TPSA) is 6.48 Å². The normalized spacial score (nSPS) is 13.5. The number of nitrogens with zero attached hydrogens (tertiary/aromatic N) is 2. The van der Waals surface area contributed by atoms with Crippen LogP contribution < -0.4 is 9.80 Å². The molecule has 2 nitrogen and oxygen atoms in total. The summed E-state index contributed by atoms with van der Waals surface area (Å²) in [6, 6.07) is 95.0. The highest BCUT2D eigenvalue weighted by molar-refractivity contribution is 5.97. The van der Waals surface area contributed by atoms with Gasteiger partial charge in [-0.15, -0.1) is 0 Å². The molecule has 374 valence electrons. The van der Waals surface area contributed by atoms with Gasteiger partial charge in [-0.25, -0.2) is 0 Å². The fourth-order valence-electron chi connectivity index (χ4n) is 13.2. The Balaban J connectivity index is 0.866. The van der Waals surface area contributed by atoms with Crippen molar-refractivity contribution in [2.75, 3.05) is 9.80 Å². The SMILES string of the molecule is Cc1cc(-c2ccc(N(c3ccc4ccccc4c3)c3ccccc3-c3ccc4c(c3)C(C)(C)c3ccccc3-4)c(C)c2)ccc1N(c1ccc2ccccc2c1)c1ccccc1-c1ccc2c(c1)C(C)(C)c1ccccc1-2. The van der Waals surface area contributed by atoms with Crippen LogP contribution in [0.25, 0.3) is 77.2 Å². The molecular formula is C76H60N2. The maximum Gasteiger partial charge on any atom is 0.0540 e. The van der Waals surface area contributed by atoms with Gasteiger partial charge >= 0.3 is 0 Å². The Morgan fingerprint density at radius 3 is 1.01 bits per heavy atom. The maximum atomic E-state index is 2.47. The van der Waals surface area contributed by atoms with Crippen LogP contribution >= 0.6 is 0 Å². The Morgan fingerprint density at radius 2 is 0.590 bits per heavy atom. The number of rotatable bonds is 9. The zero-order valence-corrected chi connectivity index (χ0v) is 45.1. The van der Waals surface area contributed by atoms with Gasteiger partial charge in [0, 0.05) is 44.7 Å². The van der Waals surface area contributed by atoms with Gasteiger partial charge in [0.05, 0.1) is 11.4 Å². The molecule has 0 atom stereocenters. The molecule has 0 unspecified atom stereocenters. The van der Waals surface area contributed by atoms with Crippen LogP contribution in [0.4, 0.5) is 34.1 Å². The number of hydrogen-bond acceptors (Lipinski definition) is 2. The van der Waals surface area contributed by atoms with Crippen molar-refractivity contribution in [1.82, 2.24) is 0 Å². The molecule has 0 radical (unpaired) electrons. The Labute approximate surface area is 459 Å². The van der Waals surface area contributed by atoms with Crippen molar-refractivity contribution in [1.29, 1.82) is 0 Å². The lowest BCUT2D eigenvalue weighted by Crippen LogP contribution is -2.15. The number of hydrogen-bond donors (Lipinski definition) is 0. The molecular weight excluding hydrogens is 941 g/mol. The average Bonchev–Trinajstić information content (AvgIpc) is 4.02. The van der Waals surface area contributed by atoms with E-state index in [0.29, 0.717) is 0 Å². The zero-order valence-electron chi connectivity index (χ0n) is 45.1. The monoisotopic (exact) mass is 1000 g/mol. The van der Waals surface area contributed by atoms with E-state index in [9.17, 15) is 0 Å². The highest BCUT2D eigenvalue weighted by Gasteiger charge is 2.37. The molecule has 0 N–H and O–H groups in total. The number of para-hydroxylation sites is 2. The summed E-state index contributed by atoms with van der Waals surface area (Å²) in [5.74, 6) is 0. The molecule has 12 aromatic carbocycles. The smallest absolute Gasteiger partial charge is 0.0540 e. The lowest BCUT2D eigenvalue weighted by Gasteiger charge is -2.30. The third-order valence-corrected chi connectivity index (χ3v) is 17.3.